The highest BCUT2D eigenvalue weighted by atomic mass is 16.1. The second kappa shape index (κ2) is 7.01. The van der Waals surface area contributed by atoms with Gasteiger partial charge in [0.1, 0.15) is 11.5 Å². The fourth-order valence-electron chi connectivity index (χ4n) is 3.67. The molecule has 29 heavy (non-hydrogen) atoms. The molecule has 4 aromatic rings. The fourth-order valence-corrected chi connectivity index (χ4v) is 3.67. The first kappa shape index (κ1) is 17.4. The molecule has 0 radical (unpaired) electrons. The van der Waals surface area contributed by atoms with E-state index in [0.29, 0.717) is 0 Å². The van der Waals surface area contributed by atoms with Crippen molar-refractivity contribution in [3.05, 3.63) is 64.7 Å². The Hall–Kier alpha value is -3.75. The Morgan fingerprint density at radius 2 is 1.69 bits per heavy atom. The van der Waals surface area contributed by atoms with Gasteiger partial charge in [0.05, 0.1) is 5.69 Å². The van der Waals surface area contributed by atoms with Crippen LogP contribution in [0.25, 0.3) is 16.9 Å². The third-order valence-electron chi connectivity index (χ3n) is 5.18. The van der Waals surface area contributed by atoms with Gasteiger partial charge in [-0.2, -0.15) is 9.61 Å². The van der Waals surface area contributed by atoms with E-state index in [1.54, 1.807) is 10.6 Å². The number of aromatic nitrogens is 6. The molecule has 1 N–H and O–H groups in total. The Morgan fingerprint density at radius 1 is 0.931 bits per heavy atom. The van der Waals surface area contributed by atoms with Crippen molar-refractivity contribution in [1.29, 1.82) is 0 Å². The van der Waals surface area contributed by atoms with Gasteiger partial charge in [0.2, 0.25) is 0 Å². The Labute approximate surface area is 166 Å². The molecule has 9 heteroatoms. The molecule has 0 bridgehead atoms. The number of H-pyrrole nitrogens is 1. The van der Waals surface area contributed by atoms with Crippen LogP contribution < -0.4 is 15.4 Å². The number of piperazine rings is 1. The van der Waals surface area contributed by atoms with E-state index < -0.39 is 0 Å². The normalized spacial score (nSPS) is 14.5. The Balaban J connectivity index is 1.40. The van der Waals surface area contributed by atoms with Gasteiger partial charge in [-0.3, -0.25) is 4.79 Å². The Kier molecular flexibility index (Phi) is 4.19. The van der Waals surface area contributed by atoms with Crippen molar-refractivity contribution >= 4 is 17.2 Å². The summed E-state index contributed by atoms with van der Waals surface area (Å²) < 4.78 is 1.76. The van der Waals surface area contributed by atoms with Crippen LogP contribution >= 0.6 is 0 Å². The number of anilines is 2. The van der Waals surface area contributed by atoms with Crippen molar-refractivity contribution in [1.82, 2.24) is 30.0 Å². The highest BCUT2D eigenvalue weighted by Gasteiger charge is 2.22. The third-order valence-corrected chi connectivity index (χ3v) is 5.18. The largest absolute Gasteiger partial charge is 0.366 e. The predicted octanol–water partition coefficient (Wildman–Crippen LogP) is 1.51. The van der Waals surface area contributed by atoms with Crippen molar-refractivity contribution in [2.75, 3.05) is 36.0 Å². The van der Waals surface area contributed by atoms with Gasteiger partial charge in [-0.25, -0.2) is 5.10 Å². The van der Waals surface area contributed by atoms with Crippen molar-refractivity contribution in [2.45, 2.75) is 6.92 Å². The first-order valence-corrected chi connectivity index (χ1v) is 9.53. The van der Waals surface area contributed by atoms with Crippen molar-refractivity contribution in [2.24, 2.45) is 0 Å². The second-order valence-corrected chi connectivity index (χ2v) is 7.01. The Bertz CT molecular complexity index is 1210. The number of hydrogen-bond acceptors (Lipinski definition) is 7. The van der Waals surface area contributed by atoms with Crippen molar-refractivity contribution in [3.63, 3.8) is 0 Å². The van der Waals surface area contributed by atoms with Gasteiger partial charge >= 0.3 is 0 Å². The molecule has 1 saturated heterocycles. The van der Waals surface area contributed by atoms with E-state index in [1.165, 1.54) is 0 Å². The summed E-state index contributed by atoms with van der Waals surface area (Å²) in [4.78, 5) is 16.4. The molecule has 9 nitrogen and oxygen atoms in total. The molecule has 5 rings (SSSR count). The van der Waals surface area contributed by atoms with Gasteiger partial charge in [0.15, 0.2) is 11.5 Å². The number of aryl methyl sites for hydroxylation is 1. The summed E-state index contributed by atoms with van der Waals surface area (Å²) in [6.07, 6.45) is 0. The van der Waals surface area contributed by atoms with Crippen molar-refractivity contribution in [3.8, 4) is 11.3 Å². The van der Waals surface area contributed by atoms with Crippen LogP contribution in [0, 0.1) is 6.92 Å². The van der Waals surface area contributed by atoms with Crippen LogP contribution in [0.3, 0.4) is 0 Å². The van der Waals surface area contributed by atoms with E-state index in [2.05, 4.69) is 35.3 Å². The SMILES string of the molecule is Cc1nnc2ccc(N3CCN(c4cc(=O)[nH]nc4-c4ccccc4)CC3)nn12. The molecule has 0 saturated carbocycles. The summed E-state index contributed by atoms with van der Waals surface area (Å²) >= 11 is 0. The maximum Gasteiger partial charge on any atom is 0.266 e. The topological polar surface area (TPSA) is 95.3 Å². The highest BCUT2D eigenvalue weighted by Crippen LogP contribution is 2.28. The van der Waals surface area contributed by atoms with E-state index in [1.807, 2.05) is 49.4 Å². The van der Waals surface area contributed by atoms with E-state index in [-0.39, 0.29) is 5.56 Å². The van der Waals surface area contributed by atoms with E-state index >= 15 is 0 Å². The summed E-state index contributed by atoms with van der Waals surface area (Å²) in [6, 6.07) is 15.5. The van der Waals surface area contributed by atoms with Crippen molar-refractivity contribution < 1.29 is 0 Å². The number of benzene rings is 1. The third kappa shape index (κ3) is 3.20. The second-order valence-electron chi connectivity index (χ2n) is 7.01. The summed E-state index contributed by atoms with van der Waals surface area (Å²) in [6.45, 7) is 5.01. The van der Waals surface area contributed by atoms with Gasteiger partial charge in [-0.1, -0.05) is 30.3 Å². The lowest BCUT2D eigenvalue weighted by Crippen LogP contribution is -2.47. The lowest BCUT2D eigenvalue weighted by Gasteiger charge is -2.37. The zero-order valence-corrected chi connectivity index (χ0v) is 16.0. The molecule has 1 aliphatic heterocycles. The average molecular weight is 388 g/mol. The molecule has 0 spiro atoms. The monoisotopic (exact) mass is 388 g/mol. The minimum absolute atomic E-state index is 0.197. The average Bonchev–Trinajstić information content (AvgIpc) is 3.14. The summed E-state index contributed by atoms with van der Waals surface area (Å²) in [5, 5.41) is 19.7. The van der Waals surface area contributed by atoms with Gasteiger partial charge in [0.25, 0.3) is 5.56 Å². The molecule has 146 valence electrons. The van der Waals surface area contributed by atoms with Crippen LogP contribution in [0.5, 0.6) is 0 Å². The van der Waals surface area contributed by atoms with Gasteiger partial charge in [0, 0.05) is 37.8 Å². The summed E-state index contributed by atoms with van der Waals surface area (Å²) in [5.74, 6) is 1.66. The number of aromatic amines is 1. The summed E-state index contributed by atoms with van der Waals surface area (Å²) in [7, 11) is 0. The lowest BCUT2D eigenvalue weighted by atomic mass is 10.1. The smallest absolute Gasteiger partial charge is 0.266 e. The van der Waals surface area contributed by atoms with Crippen LogP contribution in [-0.2, 0) is 0 Å². The van der Waals surface area contributed by atoms with Crippen LogP contribution in [0.2, 0.25) is 0 Å². The Morgan fingerprint density at radius 3 is 2.48 bits per heavy atom. The first-order chi connectivity index (χ1) is 14.2. The molecule has 0 unspecified atom stereocenters. The van der Waals surface area contributed by atoms with E-state index in [9.17, 15) is 4.79 Å². The standard InChI is InChI=1S/C20H20N8O/c1-14-21-22-17-7-8-18(25-28(14)17)27-11-9-26(10-12-27)16-13-19(29)23-24-20(16)15-5-3-2-4-6-15/h2-8,13H,9-12H2,1H3,(H,23,29). The van der Waals surface area contributed by atoms with E-state index in [4.69, 9.17) is 0 Å². The first-order valence-electron chi connectivity index (χ1n) is 9.53. The number of rotatable bonds is 3. The number of fused-ring (bicyclic) bond motifs is 1. The van der Waals surface area contributed by atoms with Gasteiger partial charge < -0.3 is 9.80 Å². The fraction of sp³-hybridized carbons (Fsp3) is 0.250. The zero-order valence-electron chi connectivity index (χ0n) is 16.0. The maximum atomic E-state index is 12.0. The van der Waals surface area contributed by atoms with Gasteiger partial charge in [-0.05, 0) is 19.1 Å². The molecule has 3 aromatic heterocycles. The molecular formula is C20H20N8O. The number of hydrogen-bond donors (Lipinski definition) is 1. The zero-order chi connectivity index (χ0) is 19.8. The molecule has 4 heterocycles. The molecular weight excluding hydrogens is 368 g/mol. The summed E-state index contributed by atoms with van der Waals surface area (Å²) in [5.41, 5.74) is 3.18. The lowest BCUT2D eigenvalue weighted by molar-refractivity contribution is 0.639. The van der Waals surface area contributed by atoms with Crippen LogP contribution in [-0.4, -0.2) is 56.2 Å². The quantitative estimate of drug-likeness (QED) is 0.568. The molecule has 1 aromatic carbocycles. The maximum absolute atomic E-state index is 12.0. The molecule has 1 aliphatic rings. The molecule has 0 atom stereocenters. The predicted molar refractivity (Wildman–Crippen MR) is 110 cm³/mol. The molecule has 0 aliphatic carbocycles. The van der Waals surface area contributed by atoms with Crippen LogP contribution in [0.15, 0.2) is 53.3 Å². The number of nitrogens with one attached hydrogen (secondary N) is 1. The van der Waals surface area contributed by atoms with Crippen LogP contribution in [0.1, 0.15) is 5.82 Å². The van der Waals surface area contributed by atoms with E-state index in [0.717, 1.165) is 60.4 Å². The molecule has 1 fully saturated rings. The minimum atomic E-state index is -0.197. The van der Waals surface area contributed by atoms with Gasteiger partial charge in [-0.15, -0.1) is 15.3 Å². The minimum Gasteiger partial charge on any atom is -0.366 e. The molecule has 0 amide bonds. The van der Waals surface area contributed by atoms with Crippen LogP contribution in [0.4, 0.5) is 11.5 Å². The number of nitrogens with zero attached hydrogens (tertiary/aromatic N) is 7. The highest BCUT2D eigenvalue weighted by molar-refractivity contribution is 5.74.